The maximum Gasteiger partial charge on any atom is 0.311 e. The molecule has 1 amide bonds. The number of carbonyl (C=O) groups excluding carboxylic acids is 1. The third-order valence-electron chi connectivity index (χ3n) is 3.32. The Morgan fingerprint density at radius 2 is 2.31 bits per heavy atom. The summed E-state index contributed by atoms with van der Waals surface area (Å²) in [5.41, 5.74) is -0.762. The average molecular weight is 244 g/mol. The van der Waals surface area contributed by atoms with Crippen molar-refractivity contribution >= 4 is 23.6 Å². The highest BCUT2D eigenvalue weighted by atomic mass is 32.2. The van der Waals surface area contributed by atoms with Gasteiger partial charge in [0, 0.05) is 24.7 Å². The maximum atomic E-state index is 12.0. The van der Waals surface area contributed by atoms with E-state index in [1.165, 1.54) is 0 Å². The predicted octanol–water partition coefficient (Wildman–Crippen LogP) is -0.0279. The normalized spacial score (nSPS) is 34.3. The molecule has 0 bridgehead atoms. The van der Waals surface area contributed by atoms with E-state index in [2.05, 4.69) is 5.32 Å². The summed E-state index contributed by atoms with van der Waals surface area (Å²) in [6, 6.07) is -0.124. The van der Waals surface area contributed by atoms with Crippen LogP contribution in [0.5, 0.6) is 0 Å². The number of amides is 1. The van der Waals surface area contributed by atoms with Crippen LogP contribution in [0.2, 0.25) is 0 Å². The lowest BCUT2D eigenvalue weighted by atomic mass is 9.90. The fourth-order valence-electron chi connectivity index (χ4n) is 2.10. The van der Waals surface area contributed by atoms with Crippen LogP contribution >= 0.6 is 11.8 Å². The summed E-state index contributed by atoms with van der Waals surface area (Å²) in [7, 11) is 0. The largest absolute Gasteiger partial charge is 0.481 e. The summed E-state index contributed by atoms with van der Waals surface area (Å²) in [6.07, 6.45) is 0.550. The summed E-state index contributed by atoms with van der Waals surface area (Å²) in [4.78, 5) is 24.7. The smallest absolute Gasteiger partial charge is 0.311 e. The van der Waals surface area contributed by atoms with Crippen LogP contribution < -0.4 is 5.32 Å². The van der Waals surface area contributed by atoms with Gasteiger partial charge in [-0.2, -0.15) is 0 Å². The van der Waals surface area contributed by atoms with Gasteiger partial charge >= 0.3 is 5.97 Å². The van der Waals surface area contributed by atoms with Crippen molar-refractivity contribution in [2.24, 2.45) is 5.41 Å². The number of thioether (sulfide) groups is 1. The van der Waals surface area contributed by atoms with Crippen LogP contribution in [0.1, 0.15) is 13.3 Å². The van der Waals surface area contributed by atoms with Crippen molar-refractivity contribution in [2.75, 3.05) is 24.7 Å². The number of nitrogens with one attached hydrogen (secondary N) is 1. The number of carbonyl (C=O) groups is 2. The lowest BCUT2D eigenvalue weighted by Gasteiger charge is -2.22. The second-order valence-electron chi connectivity index (χ2n) is 4.65. The number of likely N-dealkylation sites (tertiary alicyclic amines) is 1. The first kappa shape index (κ1) is 11.7. The molecule has 2 heterocycles. The Labute approximate surface area is 98.6 Å². The Morgan fingerprint density at radius 3 is 2.81 bits per heavy atom. The molecule has 2 atom stereocenters. The topological polar surface area (TPSA) is 69.6 Å². The van der Waals surface area contributed by atoms with Crippen molar-refractivity contribution in [1.82, 2.24) is 10.2 Å². The first-order valence-electron chi connectivity index (χ1n) is 5.36. The molecule has 2 N–H and O–H groups in total. The van der Waals surface area contributed by atoms with Gasteiger partial charge in [-0.1, -0.05) is 0 Å². The van der Waals surface area contributed by atoms with Crippen LogP contribution in [0.4, 0.5) is 0 Å². The van der Waals surface area contributed by atoms with Gasteiger partial charge in [0.1, 0.15) is 0 Å². The third-order valence-corrected chi connectivity index (χ3v) is 4.26. The summed E-state index contributed by atoms with van der Waals surface area (Å²) in [5.74, 6) is 0.839. The number of carboxylic acids is 1. The molecule has 2 fully saturated rings. The van der Waals surface area contributed by atoms with Gasteiger partial charge in [0.25, 0.3) is 0 Å². The number of aliphatic carboxylic acids is 1. The fraction of sp³-hybridized carbons (Fsp3) is 0.800. The highest BCUT2D eigenvalue weighted by Crippen LogP contribution is 2.30. The molecular formula is C10H16N2O3S. The first-order valence-corrected chi connectivity index (χ1v) is 6.52. The molecule has 16 heavy (non-hydrogen) atoms. The summed E-state index contributed by atoms with van der Waals surface area (Å²) in [5, 5.41) is 12.2. The molecule has 2 rings (SSSR count). The minimum atomic E-state index is -0.809. The van der Waals surface area contributed by atoms with Crippen molar-refractivity contribution in [1.29, 1.82) is 0 Å². The average Bonchev–Trinajstić information content (AvgIpc) is 2.85. The van der Waals surface area contributed by atoms with Crippen LogP contribution in [-0.4, -0.2) is 52.6 Å². The molecule has 2 aliphatic heterocycles. The monoisotopic (exact) mass is 244 g/mol. The SMILES string of the molecule is CC1(C(=O)O)CCN(C(=O)C2CSCN2)C1. The lowest BCUT2D eigenvalue weighted by Crippen LogP contribution is -2.45. The highest BCUT2D eigenvalue weighted by molar-refractivity contribution is 7.99. The predicted molar refractivity (Wildman–Crippen MR) is 61.2 cm³/mol. The highest BCUT2D eigenvalue weighted by Gasteiger charge is 2.43. The molecule has 6 heteroatoms. The Kier molecular flexibility index (Phi) is 3.12. The van der Waals surface area contributed by atoms with Gasteiger partial charge in [-0.25, -0.2) is 0 Å². The van der Waals surface area contributed by atoms with Crippen molar-refractivity contribution in [3.63, 3.8) is 0 Å². The van der Waals surface area contributed by atoms with E-state index >= 15 is 0 Å². The summed E-state index contributed by atoms with van der Waals surface area (Å²) >= 11 is 1.70. The van der Waals surface area contributed by atoms with E-state index in [1.807, 2.05) is 0 Å². The molecule has 0 aromatic heterocycles. The van der Waals surface area contributed by atoms with E-state index in [0.717, 1.165) is 11.6 Å². The van der Waals surface area contributed by atoms with Gasteiger partial charge in [-0.05, 0) is 13.3 Å². The Bertz CT molecular complexity index is 317. The molecule has 0 saturated carbocycles. The molecule has 0 aromatic carbocycles. The Hall–Kier alpha value is -0.750. The molecular weight excluding hydrogens is 228 g/mol. The zero-order valence-corrected chi connectivity index (χ0v) is 10.0. The molecule has 2 aliphatic rings. The number of nitrogens with zero attached hydrogens (tertiary/aromatic N) is 1. The molecule has 0 spiro atoms. The quantitative estimate of drug-likeness (QED) is 0.714. The van der Waals surface area contributed by atoms with Gasteiger partial charge in [0.2, 0.25) is 5.91 Å². The van der Waals surface area contributed by atoms with Crippen LogP contribution in [0.25, 0.3) is 0 Å². The van der Waals surface area contributed by atoms with Crippen LogP contribution in [-0.2, 0) is 9.59 Å². The number of hydrogen-bond donors (Lipinski definition) is 2. The van der Waals surface area contributed by atoms with E-state index in [1.54, 1.807) is 23.6 Å². The standard InChI is InChI=1S/C10H16N2O3S/c1-10(9(14)15)2-3-12(5-10)8(13)7-4-16-6-11-7/h7,11H,2-6H2,1H3,(H,14,15). The molecule has 90 valence electrons. The van der Waals surface area contributed by atoms with E-state index in [-0.39, 0.29) is 11.9 Å². The molecule has 5 nitrogen and oxygen atoms in total. The molecule has 0 aliphatic carbocycles. The Morgan fingerprint density at radius 1 is 1.56 bits per heavy atom. The van der Waals surface area contributed by atoms with E-state index in [4.69, 9.17) is 5.11 Å². The minimum absolute atomic E-state index is 0.0509. The van der Waals surface area contributed by atoms with Gasteiger partial charge in [-0.3, -0.25) is 14.9 Å². The van der Waals surface area contributed by atoms with Crippen LogP contribution in [0.3, 0.4) is 0 Å². The zero-order chi connectivity index (χ0) is 11.8. The molecule has 0 aromatic rings. The van der Waals surface area contributed by atoms with Crippen LogP contribution in [0, 0.1) is 5.41 Å². The number of carboxylic acid groups (broad SMARTS) is 1. The second-order valence-corrected chi connectivity index (χ2v) is 5.68. The first-order chi connectivity index (χ1) is 7.53. The van der Waals surface area contributed by atoms with Gasteiger partial charge < -0.3 is 10.0 Å². The van der Waals surface area contributed by atoms with Crippen LogP contribution in [0.15, 0.2) is 0 Å². The van der Waals surface area contributed by atoms with Crippen molar-refractivity contribution in [3.05, 3.63) is 0 Å². The van der Waals surface area contributed by atoms with Crippen molar-refractivity contribution in [2.45, 2.75) is 19.4 Å². The maximum absolute atomic E-state index is 12.0. The third kappa shape index (κ3) is 2.04. The lowest BCUT2D eigenvalue weighted by molar-refractivity contribution is -0.147. The number of rotatable bonds is 2. The number of hydrogen-bond acceptors (Lipinski definition) is 4. The molecule has 0 radical (unpaired) electrons. The minimum Gasteiger partial charge on any atom is -0.481 e. The van der Waals surface area contributed by atoms with E-state index in [0.29, 0.717) is 19.5 Å². The summed E-state index contributed by atoms with van der Waals surface area (Å²) < 4.78 is 0. The van der Waals surface area contributed by atoms with E-state index in [9.17, 15) is 9.59 Å². The van der Waals surface area contributed by atoms with Crippen molar-refractivity contribution in [3.8, 4) is 0 Å². The van der Waals surface area contributed by atoms with Gasteiger partial charge in [-0.15, -0.1) is 11.8 Å². The fourth-order valence-corrected chi connectivity index (χ4v) is 3.03. The van der Waals surface area contributed by atoms with Gasteiger partial charge in [0.15, 0.2) is 0 Å². The zero-order valence-electron chi connectivity index (χ0n) is 9.23. The summed E-state index contributed by atoms with van der Waals surface area (Å²) in [6.45, 7) is 2.61. The molecule has 2 saturated heterocycles. The van der Waals surface area contributed by atoms with Gasteiger partial charge in [0.05, 0.1) is 11.5 Å². The second kappa shape index (κ2) is 4.25. The van der Waals surface area contributed by atoms with E-state index < -0.39 is 11.4 Å². The molecule has 2 unspecified atom stereocenters. The van der Waals surface area contributed by atoms with Crippen molar-refractivity contribution < 1.29 is 14.7 Å². The Balaban J connectivity index is 1.97.